The Labute approximate surface area is 140 Å². The summed E-state index contributed by atoms with van der Waals surface area (Å²) in [4.78, 5) is 15.5. The predicted molar refractivity (Wildman–Crippen MR) is 89.5 cm³/mol. The first-order chi connectivity index (χ1) is 11.7. The molecule has 3 aromatic rings. The first-order valence-electron chi connectivity index (χ1n) is 8.25. The van der Waals surface area contributed by atoms with Crippen molar-refractivity contribution >= 4 is 5.82 Å². The second-order valence-electron chi connectivity index (χ2n) is 6.12. The van der Waals surface area contributed by atoms with E-state index in [4.69, 9.17) is 4.52 Å². The third kappa shape index (κ3) is 2.89. The van der Waals surface area contributed by atoms with E-state index in [2.05, 4.69) is 36.5 Å². The maximum Gasteiger partial charge on any atom is 0.259 e. The van der Waals surface area contributed by atoms with Crippen molar-refractivity contribution in [2.75, 3.05) is 11.9 Å². The van der Waals surface area contributed by atoms with E-state index in [0.29, 0.717) is 18.4 Å². The Hall–Kier alpha value is -2.70. The average molecular weight is 324 g/mol. The van der Waals surface area contributed by atoms with Crippen LogP contribution >= 0.6 is 0 Å². The molecule has 24 heavy (non-hydrogen) atoms. The molecule has 124 valence electrons. The summed E-state index contributed by atoms with van der Waals surface area (Å²) in [5.41, 5.74) is 0.849. The molecule has 0 atom stereocenters. The third-order valence-corrected chi connectivity index (χ3v) is 4.29. The van der Waals surface area contributed by atoms with E-state index in [1.54, 1.807) is 6.20 Å². The Bertz CT molecular complexity index is 818. The van der Waals surface area contributed by atoms with Gasteiger partial charge in [0, 0.05) is 38.1 Å². The standard InChI is InChI=1S/C17H20N6O/c1-3-23-9-8-18-15(23)11-22(2)14-7-6-13(10-19-14)17-20-16(21-24-17)12-4-5-12/h6-10,12H,3-5,11H2,1-2H3. The molecule has 0 aromatic carbocycles. The van der Waals surface area contributed by atoms with Gasteiger partial charge in [0.05, 0.1) is 12.1 Å². The highest BCUT2D eigenvalue weighted by Gasteiger charge is 2.29. The number of rotatable bonds is 6. The average Bonchev–Trinajstić information content (AvgIpc) is 3.17. The van der Waals surface area contributed by atoms with Gasteiger partial charge in [-0.3, -0.25) is 0 Å². The Kier molecular flexibility index (Phi) is 3.76. The lowest BCUT2D eigenvalue weighted by atomic mass is 10.2. The van der Waals surface area contributed by atoms with E-state index >= 15 is 0 Å². The molecule has 0 saturated heterocycles. The van der Waals surface area contributed by atoms with Gasteiger partial charge in [0.2, 0.25) is 0 Å². The number of anilines is 1. The summed E-state index contributed by atoms with van der Waals surface area (Å²) in [5, 5.41) is 4.05. The highest BCUT2D eigenvalue weighted by Crippen LogP contribution is 2.38. The molecule has 0 N–H and O–H groups in total. The van der Waals surface area contributed by atoms with Crippen molar-refractivity contribution in [2.45, 2.75) is 38.8 Å². The molecule has 7 nitrogen and oxygen atoms in total. The van der Waals surface area contributed by atoms with Crippen molar-refractivity contribution in [3.05, 3.63) is 42.4 Å². The number of aromatic nitrogens is 5. The fourth-order valence-corrected chi connectivity index (χ4v) is 2.67. The smallest absolute Gasteiger partial charge is 0.259 e. The normalized spacial score (nSPS) is 14.1. The van der Waals surface area contributed by atoms with Gasteiger partial charge in [-0.15, -0.1) is 0 Å². The van der Waals surface area contributed by atoms with Crippen molar-refractivity contribution in [1.29, 1.82) is 0 Å². The van der Waals surface area contributed by atoms with Crippen molar-refractivity contribution in [3.63, 3.8) is 0 Å². The minimum absolute atomic E-state index is 0.489. The summed E-state index contributed by atoms with van der Waals surface area (Å²) in [6.45, 7) is 3.73. The van der Waals surface area contributed by atoms with E-state index in [-0.39, 0.29) is 0 Å². The van der Waals surface area contributed by atoms with Crippen LogP contribution in [-0.2, 0) is 13.1 Å². The molecule has 0 spiro atoms. The van der Waals surface area contributed by atoms with E-state index in [1.165, 1.54) is 0 Å². The maximum atomic E-state index is 5.34. The van der Waals surface area contributed by atoms with Gasteiger partial charge in [0.15, 0.2) is 5.82 Å². The van der Waals surface area contributed by atoms with Gasteiger partial charge in [-0.25, -0.2) is 9.97 Å². The highest BCUT2D eigenvalue weighted by atomic mass is 16.5. The van der Waals surface area contributed by atoms with Gasteiger partial charge in [0.25, 0.3) is 5.89 Å². The quantitative estimate of drug-likeness (QED) is 0.694. The lowest BCUT2D eigenvalue weighted by Crippen LogP contribution is -2.20. The summed E-state index contributed by atoms with van der Waals surface area (Å²) in [6, 6.07) is 3.94. The van der Waals surface area contributed by atoms with Crippen LogP contribution in [0.25, 0.3) is 11.5 Å². The van der Waals surface area contributed by atoms with Crippen LogP contribution in [0.3, 0.4) is 0 Å². The molecule has 1 fully saturated rings. The molecule has 0 amide bonds. The van der Waals surface area contributed by atoms with Crippen LogP contribution < -0.4 is 4.90 Å². The van der Waals surface area contributed by atoms with Gasteiger partial charge in [-0.2, -0.15) is 4.98 Å². The molecule has 7 heteroatoms. The van der Waals surface area contributed by atoms with Crippen molar-refractivity contribution in [2.24, 2.45) is 0 Å². The number of aryl methyl sites for hydroxylation is 1. The number of nitrogens with zero attached hydrogens (tertiary/aromatic N) is 6. The topological polar surface area (TPSA) is 72.9 Å². The lowest BCUT2D eigenvalue weighted by Gasteiger charge is -2.18. The van der Waals surface area contributed by atoms with Crippen molar-refractivity contribution in [1.82, 2.24) is 24.7 Å². The second-order valence-corrected chi connectivity index (χ2v) is 6.12. The molecule has 4 rings (SSSR count). The Morgan fingerprint density at radius 2 is 2.17 bits per heavy atom. The molecule has 0 radical (unpaired) electrons. The Balaban J connectivity index is 1.48. The second kappa shape index (κ2) is 6.07. The fraction of sp³-hybridized carbons (Fsp3) is 0.412. The minimum atomic E-state index is 0.489. The molecule has 1 aliphatic carbocycles. The first-order valence-corrected chi connectivity index (χ1v) is 8.25. The first kappa shape index (κ1) is 14.9. The monoisotopic (exact) mass is 324 g/mol. The van der Waals surface area contributed by atoms with Crippen LogP contribution in [0.4, 0.5) is 5.82 Å². The van der Waals surface area contributed by atoms with Crippen LogP contribution in [0.5, 0.6) is 0 Å². The van der Waals surface area contributed by atoms with Crippen LogP contribution in [0, 0.1) is 0 Å². The molecule has 1 saturated carbocycles. The molecule has 0 aliphatic heterocycles. The zero-order valence-corrected chi connectivity index (χ0v) is 13.9. The zero-order valence-electron chi connectivity index (χ0n) is 13.9. The van der Waals surface area contributed by atoms with Crippen LogP contribution in [-0.4, -0.2) is 31.7 Å². The summed E-state index contributed by atoms with van der Waals surface area (Å²) in [7, 11) is 2.01. The maximum absolute atomic E-state index is 5.34. The Morgan fingerprint density at radius 3 is 2.88 bits per heavy atom. The van der Waals surface area contributed by atoms with Gasteiger partial charge < -0.3 is 14.0 Å². The van der Waals surface area contributed by atoms with E-state index in [9.17, 15) is 0 Å². The van der Waals surface area contributed by atoms with Gasteiger partial charge in [-0.05, 0) is 31.9 Å². The largest absolute Gasteiger partial charge is 0.352 e. The van der Waals surface area contributed by atoms with Crippen LogP contribution in [0.2, 0.25) is 0 Å². The summed E-state index contributed by atoms with van der Waals surface area (Å²) >= 11 is 0. The van der Waals surface area contributed by atoms with Gasteiger partial charge >= 0.3 is 0 Å². The fourth-order valence-electron chi connectivity index (χ4n) is 2.67. The van der Waals surface area contributed by atoms with E-state index in [0.717, 1.165) is 42.4 Å². The molecular weight excluding hydrogens is 304 g/mol. The predicted octanol–water partition coefficient (Wildman–Crippen LogP) is 2.86. The van der Waals surface area contributed by atoms with Crippen LogP contribution in [0.1, 0.15) is 37.3 Å². The molecule has 0 bridgehead atoms. The molecule has 3 heterocycles. The number of imidazole rings is 1. The SMILES string of the molecule is CCn1ccnc1CN(C)c1ccc(-c2nc(C3CC3)no2)cn1. The van der Waals surface area contributed by atoms with E-state index in [1.807, 2.05) is 31.6 Å². The summed E-state index contributed by atoms with van der Waals surface area (Å²) in [6.07, 6.45) is 7.92. The Morgan fingerprint density at radius 1 is 1.29 bits per heavy atom. The van der Waals surface area contributed by atoms with Gasteiger partial charge in [-0.1, -0.05) is 5.16 Å². The third-order valence-electron chi connectivity index (χ3n) is 4.29. The molecule has 1 aliphatic rings. The van der Waals surface area contributed by atoms with Gasteiger partial charge in [0.1, 0.15) is 11.6 Å². The lowest BCUT2D eigenvalue weighted by molar-refractivity contribution is 0.422. The summed E-state index contributed by atoms with van der Waals surface area (Å²) < 4.78 is 7.47. The van der Waals surface area contributed by atoms with Crippen molar-refractivity contribution < 1.29 is 4.52 Å². The summed E-state index contributed by atoms with van der Waals surface area (Å²) in [5.74, 6) is 3.75. The number of hydrogen-bond acceptors (Lipinski definition) is 6. The highest BCUT2D eigenvalue weighted by molar-refractivity contribution is 5.54. The molecule has 3 aromatic heterocycles. The molecule has 0 unspecified atom stereocenters. The van der Waals surface area contributed by atoms with E-state index < -0.39 is 0 Å². The van der Waals surface area contributed by atoms with Crippen molar-refractivity contribution in [3.8, 4) is 11.5 Å². The zero-order chi connectivity index (χ0) is 16.5. The number of pyridine rings is 1. The molecular formula is C17H20N6O. The van der Waals surface area contributed by atoms with Crippen LogP contribution in [0.15, 0.2) is 35.2 Å². The number of hydrogen-bond donors (Lipinski definition) is 0. The minimum Gasteiger partial charge on any atom is -0.352 e.